The van der Waals surface area contributed by atoms with E-state index >= 15 is 0 Å². The van der Waals surface area contributed by atoms with Gasteiger partial charge in [0.25, 0.3) is 0 Å². The van der Waals surface area contributed by atoms with Crippen LogP contribution in [0.4, 0.5) is 14.6 Å². The van der Waals surface area contributed by atoms with Gasteiger partial charge in [0.2, 0.25) is 0 Å². The fraction of sp³-hybridized carbons (Fsp3) is 0.438. The molecule has 1 aliphatic rings. The third-order valence-electron chi connectivity index (χ3n) is 4.38. The highest BCUT2D eigenvalue weighted by Gasteiger charge is 2.32. The quantitative estimate of drug-likeness (QED) is 0.863. The zero-order chi connectivity index (χ0) is 16.6. The highest BCUT2D eigenvalue weighted by atomic mass is 19.1. The van der Waals surface area contributed by atoms with Gasteiger partial charge in [0, 0.05) is 43.0 Å². The minimum atomic E-state index is -0.654. The van der Waals surface area contributed by atoms with Crippen LogP contribution in [0.2, 0.25) is 0 Å². The Bertz CT molecular complexity index is 716. The molecule has 0 saturated carbocycles. The second-order valence-corrected chi connectivity index (χ2v) is 5.96. The minimum Gasteiger partial charge on any atom is -0.353 e. The number of hydrogen-bond donors (Lipinski definition) is 0. The monoisotopic (exact) mass is 319 g/mol. The molecule has 3 heterocycles. The molecule has 0 amide bonds. The van der Waals surface area contributed by atoms with E-state index in [0.29, 0.717) is 6.54 Å². The number of pyridine rings is 1. The smallest absolute Gasteiger partial charge is 0.148 e. The maximum Gasteiger partial charge on any atom is 0.148 e. The molecule has 0 unspecified atom stereocenters. The van der Waals surface area contributed by atoms with Gasteiger partial charge in [-0.1, -0.05) is 0 Å². The van der Waals surface area contributed by atoms with Crippen LogP contribution in [0.1, 0.15) is 17.0 Å². The lowest BCUT2D eigenvalue weighted by Gasteiger charge is -2.45. The molecule has 7 heteroatoms. The predicted octanol–water partition coefficient (Wildman–Crippen LogP) is 2.09. The fourth-order valence-electron chi connectivity index (χ4n) is 2.68. The van der Waals surface area contributed by atoms with E-state index in [1.54, 1.807) is 6.33 Å². The summed E-state index contributed by atoms with van der Waals surface area (Å²) in [7, 11) is 1.92. The van der Waals surface area contributed by atoms with Crippen molar-refractivity contribution >= 4 is 5.82 Å². The fourth-order valence-corrected chi connectivity index (χ4v) is 2.68. The van der Waals surface area contributed by atoms with Crippen LogP contribution in [0.5, 0.6) is 0 Å². The van der Waals surface area contributed by atoms with E-state index in [-0.39, 0.29) is 11.7 Å². The summed E-state index contributed by atoms with van der Waals surface area (Å²) in [6, 6.07) is 1.16. The SMILES string of the molecule is Cc1ncnc(N2CC(N(C)Cc3ncc(F)cc3F)C2)c1C. The molecule has 23 heavy (non-hydrogen) atoms. The van der Waals surface area contributed by atoms with Crippen LogP contribution in [0.15, 0.2) is 18.6 Å². The van der Waals surface area contributed by atoms with E-state index in [4.69, 9.17) is 0 Å². The maximum atomic E-state index is 13.7. The summed E-state index contributed by atoms with van der Waals surface area (Å²) in [6.45, 7) is 5.96. The van der Waals surface area contributed by atoms with E-state index in [9.17, 15) is 8.78 Å². The van der Waals surface area contributed by atoms with Crippen LogP contribution in [0.3, 0.4) is 0 Å². The van der Waals surface area contributed by atoms with Crippen LogP contribution in [-0.4, -0.2) is 46.0 Å². The van der Waals surface area contributed by atoms with Gasteiger partial charge in [-0.05, 0) is 20.9 Å². The third-order valence-corrected chi connectivity index (χ3v) is 4.38. The maximum absolute atomic E-state index is 13.7. The standard InChI is InChI=1S/C16H19F2N5/c1-10-11(2)20-9-21-16(10)23-6-13(7-23)22(3)8-15-14(18)4-12(17)5-19-15/h4-5,9,13H,6-8H2,1-3H3. The molecule has 0 aliphatic carbocycles. The van der Waals surface area contributed by atoms with E-state index in [2.05, 4.69) is 19.9 Å². The molecule has 0 N–H and O–H groups in total. The number of rotatable bonds is 4. The van der Waals surface area contributed by atoms with Crippen molar-refractivity contribution in [1.29, 1.82) is 0 Å². The van der Waals surface area contributed by atoms with Crippen LogP contribution in [0, 0.1) is 25.5 Å². The van der Waals surface area contributed by atoms with Crippen molar-refractivity contribution in [2.75, 3.05) is 25.0 Å². The van der Waals surface area contributed by atoms with Crippen LogP contribution in [-0.2, 0) is 6.54 Å². The molecule has 3 rings (SSSR count). The highest BCUT2D eigenvalue weighted by molar-refractivity contribution is 5.50. The molecule has 2 aromatic heterocycles. The highest BCUT2D eigenvalue weighted by Crippen LogP contribution is 2.25. The Morgan fingerprint density at radius 1 is 1.22 bits per heavy atom. The molecule has 0 spiro atoms. The third kappa shape index (κ3) is 3.14. The number of halogens is 2. The topological polar surface area (TPSA) is 45.2 Å². The lowest BCUT2D eigenvalue weighted by atomic mass is 10.1. The van der Waals surface area contributed by atoms with E-state index in [1.165, 1.54) is 0 Å². The zero-order valence-corrected chi connectivity index (χ0v) is 13.4. The van der Waals surface area contributed by atoms with Crippen molar-refractivity contribution in [2.45, 2.75) is 26.4 Å². The molecule has 1 fully saturated rings. The van der Waals surface area contributed by atoms with Crippen LogP contribution >= 0.6 is 0 Å². The Morgan fingerprint density at radius 2 is 1.96 bits per heavy atom. The number of aryl methyl sites for hydroxylation is 1. The van der Waals surface area contributed by atoms with E-state index in [1.807, 2.05) is 25.8 Å². The van der Waals surface area contributed by atoms with Crippen LogP contribution in [0.25, 0.3) is 0 Å². The van der Waals surface area contributed by atoms with Crippen molar-refractivity contribution in [2.24, 2.45) is 0 Å². The second-order valence-electron chi connectivity index (χ2n) is 5.96. The first-order valence-electron chi connectivity index (χ1n) is 7.49. The Hall–Kier alpha value is -2.15. The zero-order valence-electron chi connectivity index (χ0n) is 13.4. The molecule has 1 saturated heterocycles. The van der Waals surface area contributed by atoms with Gasteiger partial charge < -0.3 is 4.90 Å². The summed E-state index contributed by atoms with van der Waals surface area (Å²) in [5.74, 6) is -0.304. The van der Waals surface area contributed by atoms with Gasteiger partial charge in [-0.2, -0.15) is 0 Å². The van der Waals surface area contributed by atoms with Gasteiger partial charge in [-0.25, -0.2) is 18.7 Å². The molecule has 0 radical (unpaired) electrons. The molecule has 122 valence electrons. The molecule has 1 aliphatic heterocycles. The van der Waals surface area contributed by atoms with Gasteiger partial charge in [0.05, 0.1) is 11.9 Å². The van der Waals surface area contributed by atoms with E-state index in [0.717, 1.165) is 42.4 Å². The number of aromatic nitrogens is 3. The Kier molecular flexibility index (Phi) is 4.21. The predicted molar refractivity (Wildman–Crippen MR) is 83.1 cm³/mol. The largest absolute Gasteiger partial charge is 0.353 e. The Balaban J connectivity index is 1.61. The van der Waals surface area contributed by atoms with Crippen molar-refractivity contribution < 1.29 is 8.78 Å². The number of anilines is 1. The number of nitrogens with zero attached hydrogens (tertiary/aromatic N) is 5. The summed E-state index contributed by atoms with van der Waals surface area (Å²) in [5.41, 5.74) is 2.32. The van der Waals surface area contributed by atoms with Gasteiger partial charge in [-0.3, -0.25) is 9.88 Å². The lowest BCUT2D eigenvalue weighted by Crippen LogP contribution is -2.58. The summed E-state index contributed by atoms with van der Waals surface area (Å²) in [5, 5.41) is 0. The van der Waals surface area contributed by atoms with Crippen molar-refractivity contribution in [3.05, 3.63) is 47.2 Å². The minimum absolute atomic E-state index is 0.265. The summed E-state index contributed by atoms with van der Waals surface area (Å²) in [4.78, 5) is 16.6. The van der Waals surface area contributed by atoms with Gasteiger partial charge in [-0.15, -0.1) is 0 Å². The van der Waals surface area contributed by atoms with Crippen molar-refractivity contribution in [1.82, 2.24) is 19.9 Å². The molecular formula is C16H19F2N5. The number of likely N-dealkylation sites (N-methyl/N-ethyl adjacent to an activating group) is 1. The van der Waals surface area contributed by atoms with Gasteiger partial charge in [0.1, 0.15) is 23.8 Å². The van der Waals surface area contributed by atoms with E-state index < -0.39 is 11.6 Å². The Labute approximate surface area is 134 Å². The summed E-state index contributed by atoms with van der Waals surface area (Å²) in [6.07, 6.45) is 2.62. The molecule has 5 nitrogen and oxygen atoms in total. The average molecular weight is 319 g/mol. The number of hydrogen-bond acceptors (Lipinski definition) is 5. The van der Waals surface area contributed by atoms with Crippen LogP contribution < -0.4 is 4.90 Å². The van der Waals surface area contributed by atoms with Gasteiger partial charge in [0.15, 0.2) is 0 Å². The normalized spacial score (nSPS) is 15.1. The van der Waals surface area contributed by atoms with Crippen molar-refractivity contribution in [3.63, 3.8) is 0 Å². The molecule has 0 atom stereocenters. The molecular weight excluding hydrogens is 300 g/mol. The lowest BCUT2D eigenvalue weighted by molar-refractivity contribution is 0.192. The second kappa shape index (κ2) is 6.16. The molecule has 2 aromatic rings. The van der Waals surface area contributed by atoms with Crippen molar-refractivity contribution in [3.8, 4) is 0 Å². The average Bonchev–Trinajstić information content (AvgIpc) is 2.45. The summed E-state index contributed by atoms with van der Waals surface area (Å²) < 4.78 is 26.6. The Morgan fingerprint density at radius 3 is 2.65 bits per heavy atom. The van der Waals surface area contributed by atoms with Gasteiger partial charge >= 0.3 is 0 Å². The first kappa shape index (κ1) is 15.7. The summed E-state index contributed by atoms with van der Waals surface area (Å²) >= 11 is 0. The first-order chi connectivity index (χ1) is 11.0. The first-order valence-corrected chi connectivity index (χ1v) is 7.49. The molecule has 0 bridgehead atoms. The molecule has 0 aromatic carbocycles.